The van der Waals surface area contributed by atoms with Crippen LogP contribution in [0.3, 0.4) is 0 Å². The zero-order chi connectivity index (χ0) is 21.2. The fourth-order valence-electron chi connectivity index (χ4n) is 2.25. The van der Waals surface area contributed by atoms with E-state index < -0.39 is 23.4 Å². The molecule has 0 saturated heterocycles. The number of nitrogens with two attached hydrogens (primary N) is 1. The summed E-state index contributed by atoms with van der Waals surface area (Å²) in [6.07, 6.45) is -1.41. The van der Waals surface area contributed by atoms with Gasteiger partial charge in [-0.25, -0.2) is 14.8 Å². The number of hydrogen-bond acceptors (Lipinski definition) is 6. The number of urea groups is 1. The van der Waals surface area contributed by atoms with Gasteiger partial charge in [-0.3, -0.25) is 10.6 Å². The molecule has 3 heterocycles. The number of pyridine rings is 2. The molecule has 0 atom stereocenters. The highest BCUT2D eigenvalue weighted by Gasteiger charge is 2.51. The third-order valence-corrected chi connectivity index (χ3v) is 4.20. The molecular weight excluding hydrogens is 389 g/mol. The fourth-order valence-corrected chi connectivity index (χ4v) is 2.25. The van der Waals surface area contributed by atoms with Crippen molar-refractivity contribution in [2.45, 2.75) is 25.4 Å². The molecule has 0 aromatic carbocycles. The van der Waals surface area contributed by atoms with Crippen molar-refractivity contribution in [2.75, 3.05) is 16.4 Å². The summed E-state index contributed by atoms with van der Waals surface area (Å²) in [7, 11) is 0. The van der Waals surface area contributed by atoms with Gasteiger partial charge in [-0.15, -0.1) is 0 Å². The lowest BCUT2D eigenvalue weighted by molar-refractivity contribution is -0.185. The molecule has 0 fully saturated rings. The molecule has 2 amide bonds. The summed E-state index contributed by atoms with van der Waals surface area (Å²) in [4.78, 5) is 20.1. The molecule has 0 bridgehead atoms. The van der Waals surface area contributed by atoms with E-state index in [9.17, 15) is 18.0 Å². The maximum absolute atomic E-state index is 13.0. The summed E-state index contributed by atoms with van der Waals surface area (Å²) in [5, 5.41) is 8.21. The van der Waals surface area contributed by atoms with Crippen molar-refractivity contribution < 1.29 is 22.5 Å². The second kappa shape index (κ2) is 7.41. The Morgan fingerprint density at radius 1 is 1.00 bits per heavy atom. The predicted molar refractivity (Wildman–Crippen MR) is 100 cm³/mol. The number of nitrogen functional groups attached to an aromatic ring is 1. The summed E-state index contributed by atoms with van der Waals surface area (Å²) in [6, 6.07) is 7.01. The quantitative estimate of drug-likeness (QED) is 0.598. The Hall–Kier alpha value is -3.63. The lowest BCUT2D eigenvalue weighted by Crippen LogP contribution is -2.35. The second-order valence-corrected chi connectivity index (χ2v) is 6.68. The lowest BCUT2D eigenvalue weighted by atomic mass is 9.89. The van der Waals surface area contributed by atoms with E-state index >= 15 is 0 Å². The predicted octanol–water partition coefficient (Wildman–Crippen LogP) is 4.20. The molecular formula is C18H17F3N6O2. The van der Waals surface area contributed by atoms with Gasteiger partial charge in [-0.1, -0.05) is 5.16 Å². The Morgan fingerprint density at radius 2 is 1.62 bits per heavy atom. The lowest BCUT2D eigenvalue weighted by Gasteiger charge is -2.24. The molecule has 0 radical (unpaired) electrons. The first-order valence-corrected chi connectivity index (χ1v) is 8.36. The highest BCUT2D eigenvalue weighted by atomic mass is 19.4. The number of carbonyl (C=O) groups is 1. The molecule has 8 nitrogen and oxygen atoms in total. The molecule has 0 saturated carbocycles. The summed E-state index contributed by atoms with van der Waals surface area (Å²) in [5.41, 5.74) is 4.86. The number of alkyl halides is 3. The highest BCUT2D eigenvalue weighted by Crippen LogP contribution is 2.41. The van der Waals surface area contributed by atoms with Gasteiger partial charge in [0.1, 0.15) is 17.1 Å². The molecule has 3 aromatic heterocycles. The van der Waals surface area contributed by atoms with Crippen molar-refractivity contribution in [1.82, 2.24) is 15.1 Å². The molecule has 4 N–H and O–H groups in total. The average Bonchev–Trinajstić information content (AvgIpc) is 3.11. The highest BCUT2D eigenvalue weighted by molar-refractivity contribution is 5.98. The average molecular weight is 406 g/mol. The van der Waals surface area contributed by atoms with E-state index in [0.29, 0.717) is 5.82 Å². The van der Waals surface area contributed by atoms with Gasteiger partial charge in [0.05, 0.1) is 0 Å². The monoisotopic (exact) mass is 406 g/mol. The minimum atomic E-state index is -4.53. The smallest absolute Gasteiger partial charge is 0.384 e. The van der Waals surface area contributed by atoms with Crippen LogP contribution < -0.4 is 16.4 Å². The number of anilines is 3. The van der Waals surface area contributed by atoms with Gasteiger partial charge >= 0.3 is 12.2 Å². The van der Waals surface area contributed by atoms with Crippen LogP contribution in [0.15, 0.2) is 47.2 Å². The maximum Gasteiger partial charge on any atom is 0.401 e. The Bertz CT molecular complexity index is 998. The van der Waals surface area contributed by atoms with Gasteiger partial charge in [0.15, 0.2) is 11.6 Å². The Morgan fingerprint density at radius 3 is 2.17 bits per heavy atom. The zero-order valence-electron chi connectivity index (χ0n) is 15.4. The van der Waals surface area contributed by atoms with Crippen molar-refractivity contribution in [3.05, 3.63) is 48.5 Å². The topological polar surface area (TPSA) is 119 Å². The summed E-state index contributed by atoms with van der Waals surface area (Å²) in [6.45, 7) is 1.92. The molecule has 29 heavy (non-hydrogen) atoms. The Labute approximate surface area is 163 Å². The van der Waals surface area contributed by atoms with Gasteiger partial charge in [0, 0.05) is 29.6 Å². The number of aromatic nitrogens is 3. The number of nitrogens with zero attached hydrogens (tertiary/aromatic N) is 3. The van der Waals surface area contributed by atoms with Gasteiger partial charge < -0.3 is 10.3 Å². The molecule has 3 rings (SSSR count). The second-order valence-electron chi connectivity index (χ2n) is 6.68. The molecule has 0 aliphatic carbocycles. The summed E-state index contributed by atoms with van der Waals surface area (Å²) in [5.74, 6) is 0.0552. The van der Waals surface area contributed by atoms with Crippen LogP contribution in [0.4, 0.5) is 35.4 Å². The summed E-state index contributed by atoms with van der Waals surface area (Å²) < 4.78 is 43.9. The summed E-state index contributed by atoms with van der Waals surface area (Å²) >= 11 is 0. The third-order valence-electron chi connectivity index (χ3n) is 4.20. The van der Waals surface area contributed by atoms with E-state index in [4.69, 9.17) is 10.3 Å². The van der Waals surface area contributed by atoms with E-state index in [2.05, 4.69) is 25.8 Å². The van der Waals surface area contributed by atoms with E-state index in [1.54, 1.807) is 30.5 Å². The van der Waals surface area contributed by atoms with Crippen LogP contribution in [-0.2, 0) is 5.41 Å². The van der Waals surface area contributed by atoms with Crippen molar-refractivity contribution in [2.24, 2.45) is 0 Å². The molecule has 0 spiro atoms. The SMILES string of the molecule is CC(C)(c1cc(NC(=O)Nc2ccc(-c3ccc(N)nc3)cn2)no1)C(F)(F)F. The van der Waals surface area contributed by atoms with E-state index in [0.717, 1.165) is 31.0 Å². The van der Waals surface area contributed by atoms with E-state index in [-0.39, 0.29) is 11.6 Å². The van der Waals surface area contributed by atoms with Crippen LogP contribution >= 0.6 is 0 Å². The van der Waals surface area contributed by atoms with Crippen LogP contribution in [0.5, 0.6) is 0 Å². The fraction of sp³-hybridized carbons (Fsp3) is 0.222. The standard InChI is InChI=1S/C18H17F3N6O2/c1-17(2,18(19,20)21)12-7-15(27-29-12)26-16(28)25-14-6-4-11(9-24-14)10-3-5-13(22)23-8-10/h3-9H,1-2H3,(H2,22,23)(H2,24,25,26,27,28). The van der Waals surface area contributed by atoms with Crippen molar-refractivity contribution in [3.63, 3.8) is 0 Å². The van der Waals surface area contributed by atoms with Gasteiger partial charge in [0.25, 0.3) is 0 Å². The van der Waals surface area contributed by atoms with Crippen molar-refractivity contribution in [3.8, 4) is 11.1 Å². The number of nitrogens with one attached hydrogen (secondary N) is 2. The van der Waals surface area contributed by atoms with Gasteiger partial charge in [-0.05, 0) is 38.1 Å². The van der Waals surface area contributed by atoms with Crippen LogP contribution in [0.2, 0.25) is 0 Å². The first-order chi connectivity index (χ1) is 13.6. The number of halogens is 3. The number of amides is 2. The first-order valence-electron chi connectivity index (χ1n) is 8.36. The molecule has 152 valence electrons. The van der Waals surface area contributed by atoms with Crippen molar-refractivity contribution in [1.29, 1.82) is 0 Å². The number of rotatable bonds is 4. The normalized spacial score (nSPS) is 11.9. The van der Waals surface area contributed by atoms with Gasteiger partial charge in [-0.2, -0.15) is 13.2 Å². The van der Waals surface area contributed by atoms with Gasteiger partial charge in [0.2, 0.25) is 0 Å². The zero-order valence-corrected chi connectivity index (χ0v) is 15.4. The Balaban J connectivity index is 1.63. The minimum absolute atomic E-state index is 0.153. The van der Waals surface area contributed by atoms with E-state index in [1.165, 1.54) is 6.20 Å². The molecule has 0 unspecified atom stereocenters. The molecule has 11 heteroatoms. The first kappa shape index (κ1) is 20.1. The van der Waals surface area contributed by atoms with Crippen LogP contribution in [-0.4, -0.2) is 27.3 Å². The van der Waals surface area contributed by atoms with E-state index in [1.807, 2.05) is 0 Å². The van der Waals surface area contributed by atoms with Crippen molar-refractivity contribution >= 4 is 23.5 Å². The molecule has 0 aliphatic heterocycles. The van der Waals surface area contributed by atoms with Crippen LogP contribution in [0, 0.1) is 0 Å². The number of carbonyl (C=O) groups excluding carboxylic acids is 1. The maximum atomic E-state index is 13.0. The third kappa shape index (κ3) is 4.45. The minimum Gasteiger partial charge on any atom is -0.384 e. The Kier molecular flexibility index (Phi) is 5.14. The van der Waals surface area contributed by atoms with Crippen LogP contribution in [0.1, 0.15) is 19.6 Å². The molecule has 0 aliphatic rings. The van der Waals surface area contributed by atoms with Crippen LogP contribution in [0.25, 0.3) is 11.1 Å². The molecule has 3 aromatic rings. The number of hydrogen-bond donors (Lipinski definition) is 3. The largest absolute Gasteiger partial charge is 0.401 e.